The average Bonchev–Trinajstić information content (AvgIpc) is 3.52. The van der Waals surface area contributed by atoms with Crippen LogP contribution < -0.4 is 0 Å². The Morgan fingerprint density at radius 2 is 1.83 bits per heavy atom. The van der Waals surface area contributed by atoms with Gasteiger partial charge in [-0.25, -0.2) is 0 Å². The minimum Gasteiger partial charge on any atom is -0.366 e. The highest BCUT2D eigenvalue weighted by Gasteiger charge is 2.29. The van der Waals surface area contributed by atoms with Gasteiger partial charge < -0.3 is 9.53 Å². The van der Waals surface area contributed by atoms with E-state index in [-0.39, 0.29) is 37.2 Å². The van der Waals surface area contributed by atoms with Gasteiger partial charge in [0, 0.05) is 25.8 Å². The van der Waals surface area contributed by atoms with Crippen molar-refractivity contribution in [1.82, 2.24) is 4.90 Å². The van der Waals surface area contributed by atoms with Crippen molar-refractivity contribution < 1.29 is 28.7 Å². The molecule has 7 nitrogen and oxygen atoms in total. The van der Waals surface area contributed by atoms with E-state index in [1.165, 1.54) is 4.90 Å². The van der Waals surface area contributed by atoms with E-state index in [2.05, 4.69) is 0 Å². The van der Waals surface area contributed by atoms with Crippen molar-refractivity contribution in [3.8, 4) is 0 Å². The molecule has 0 unspecified atom stereocenters. The van der Waals surface area contributed by atoms with E-state index >= 15 is 0 Å². The Kier molecular flexibility index (Phi) is 9.56. The predicted molar refractivity (Wildman–Crippen MR) is 111 cm³/mol. The molecule has 9 heteroatoms. The number of ether oxygens (including phenoxy) is 1. The molecule has 0 spiro atoms. The summed E-state index contributed by atoms with van der Waals surface area (Å²) in [4.78, 5) is 56.1. The van der Waals surface area contributed by atoms with Gasteiger partial charge in [0.15, 0.2) is 11.6 Å². The molecule has 156 valence electrons. The number of hydrogen-bond donors (Lipinski definition) is 0. The minimum atomic E-state index is -0.132. The van der Waals surface area contributed by atoms with E-state index in [4.69, 9.17) is 4.74 Å². The van der Waals surface area contributed by atoms with Crippen LogP contribution in [-0.4, -0.2) is 58.9 Å². The van der Waals surface area contributed by atoms with Crippen LogP contribution in [0, 0.1) is 0 Å². The highest BCUT2D eigenvalue weighted by molar-refractivity contribution is 8.93. The number of aryl methyl sites for hydroxylation is 1. The molecule has 2 aliphatic heterocycles. The van der Waals surface area contributed by atoms with Gasteiger partial charge in [-0.1, -0.05) is 45.9 Å². The van der Waals surface area contributed by atoms with Crippen LogP contribution in [0.5, 0.6) is 0 Å². The van der Waals surface area contributed by atoms with E-state index in [0.717, 1.165) is 11.1 Å². The first kappa shape index (κ1) is 23.3. The first-order valence-electron chi connectivity index (χ1n) is 9.17. The van der Waals surface area contributed by atoms with Crippen LogP contribution in [0.15, 0.2) is 24.3 Å². The molecule has 0 bridgehead atoms. The molecule has 0 aromatic heterocycles. The van der Waals surface area contributed by atoms with Crippen LogP contribution in [0.25, 0.3) is 0 Å². The lowest BCUT2D eigenvalue weighted by atomic mass is 10.0. The fraction of sp³-hybridized carbons (Fsp3) is 0.450. The van der Waals surface area contributed by atoms with Gasteiger partial charge in [0.1, 0.15) is 24.1 Å². The summed E-state index contributed by atoms with van der Waals surface area (Å²) >= 11 is 0. The number of amides is 2. The molecule has 2 amide bonds. The minimum absolute atomic E-state index is 0.0706. The van der Waals surface area contributed by atoms with Gasteiger partial charge in [0.05, 0.1) is 0 Å². The van der Waals surface area contributed by atoms with Crippen molar-refractivity contribution in [2.75, 3.05) is 19.8 Å². The lowest BCUT2D eigenvalue weighted by Crippen LogP contribution is -2.47. The van der Waals surface area contributed by atoms with Crippen molar-refractivity contribution >= 4 is 51.3 Å². The predicted octanol–water partition coefficient (Wildman–Crippen LogP) is 2.00. The summed E-state index contributed by atoms with van der Waals surface area (Å²) in [6.45, 7) is 2.01. The number of aldehydes is 1. The number of hydrogen-bond acceptors (Lipinski definition) is 8. The fourth-order valence-corrected chi connectivity index (χ4v) is 3.76. The topological polar surface area (TPSA) is 97.8 Å². The molecule has 3 rings (SSSR count). The van der Waals surface area contributed by atoms with E-state index in [1.807, 2.05) is 24.3 Å². The van der Waals surface area contributed by atoms with Gasteiger partial charge in [0.25, 0.3) is 0 Å². The highest BCUT2D eigenvalue weighted by Crippen LogP contribution is 2.53. The standard InChI is InChI=1S/C17H19NO5.C3H4OS2/c19-9-10-23-12-15(20)11-14-3-1-13(2-4-14)5-6-16(21)18-8-7-17(18)22;1-2(4)3-5-6-3/h1-4,9H,5-8,10-12H2;3H,1H3. The van der Waals surface area contributed by atoms with Crippen LogP contribution in [0.2, 0.25) is 0 Å². The molecule has 2 heterocycles. The highest BCUT2D eigenvalue weighted by atomic mass is 33.2. The summed E-state index contributed by atoms with van der Waals surface area (Å²) in [5, 5.41) is 0. The number of Topliss-reactive ketones (excluding diaryl/α,β-unsaturated/α-hetero) is 2. The molecule has 1 aromatic rings. The van der Waals surface area contributed by atoms with Crippen LogP contribution in [0.1, 0.15) is 30.9 Å². The second kappa shape index (κ2) is 11.9. The Morgan fingerprint density at radius 3 is 2.28 bits per heavy atom. The lowest BCUT2D eigenvalue weighted by Gasteiger charge is -2.28. The summed E-state index contributed by atoms with van der Waals surface area (Å²) in [5.74, 6) is -0.0236. The van der Waals surface area contributed by atoms with Crippen molar-refractivity contribution in [3.63, 3.8) is 0 Å². The van der Waals surface area contributed by atoms with Gasteiger partial charge in [-0.2, -0.15) is 0 Å². The number of imide groups is 1. The number of β-lactam (4-membered cyclic amide) rings is 1. The van der Waals surface area contributed by atoms with Crippen molar-refractivity contribution in [1.29, 1.82) is 0 Å². The second-order valence-electron chi connectivity index (χ2n) is 6.54. The van der Waals surface area contributed by atoms with Crippen LogP contribution >= 0.6 is 21.6 Å². The van der Waals surface area contributed by atoms with Crippen LogP contribution in [-0.2, 0) is 41.6 Å². The van der Waals surface area contributed by atoms with E-state index < -0.39 is 0 Å². The second-order valence-corrected chi connectivity index (χ2v) is 9.32. The largest absolute Gasteiger partial charge is 0.366 e. The third-order valence-corrected chi connectivity index (χ3v) is 6.38. The lowest BCUT2D eigenvalue weighted by molar-refractivity contribution is -0.152. The summed E-state index contributed by atoms with van der Waals surface area (Å²) in [7, 11) is 3.29. The Hall–Kier alpha value is -1.97. The van der Waals surface area contributed by atoms with E-state index in [9.17, 15) is 24.0 Å². The van der Waals surface area contributed by atoms with Gasteiger partial charge in [-0.3, -0.25) is 24.1 Å². The maximum Gasteiger partial charge on any atom is 0.230 e. The molecule has 2 fully saturated rings. The summed E-state index contributed by atoms with van der Waals surface area (Å²) < 4.78 is 5.16. The third kappa shape index (κ3) is 8.51. The van der Waals surface area contributed by atoms with Gasteiger partial charge in [-0.15, -0.1) is 0 Å². The summed E-state index contributed by atoms with van der Waals surface area (Å²) in [6.07, 6.45) is 2.20. The molecule has 0 atom stereocenters. The Morgan fingerprint density at radius 1 is 1.17 bits per heavy atom. The SMILES string of the molecule is CC(=O)C1SS1.O=CCOCC(=O)Cc1ccc(CCC(=O)N2CCC2=O)cc1. The zero-order valence-electron chi connectivity index (χ0n) is 16.1. The number of benzene rings is 1. The number of ketones is 2. The number of likely N-dealkylation sites (tertiary alicyclic amines) is 1. The first-order chi connectivity index (χ1) is 13.9. The number of carbonyl (C=O) groups excluding carboxylic acids is 5. The molecule has 1 aromatic carbocycles. The van der Waals surface area contributed by atoms with Crippen molar-refractivity contribution in [2.45, 2.75) is 37.2 Å². The summed E-state index contributed by atoms with van der Waals surface area (Å²) in [6, 6.07) is 7.43. The average molecular weight is 438 g/mol. The zero-order chi connectivity index (χ0) is 21.2. The molecule has 0 N–H and O–H groups in total. The van der Waals surface area contributed by atoms with E-state index in [1.54, 1.807) is 28.5 Å². The van der Waals surface area contributed by atoms with Crippen LogP contribution in [0.3, 0.4) is 0 Å². The Balaban J connectivity index is 0.000000426. The van der Waals surface area contributed by atoms with Crippen molar-refractivity contribution in [3.05, 3.63) is 35.4 Å². The Bertz CT molecular complexity index is 761. The van der Waals surface area contributed by atoms with Crippen molar-refractivity contribution in [2.24, 2.45) is 0 Å². The smallest absolute Gasteiger partial charge is 0.230 e. The normalized spacial score (nSPS) is 15.1. The molecular formula is C20H23NO6S2. The van der Waals surface area contributed by atoms with Crippen LogP contribution in [0.4, 0.5) is 0 Å². The molecule has 0 aliphatic carbocycles. The maximum absolute atomic E-state index is 11.8. The monoisotopic (exact) mass is 437 g/mol. The quantitative estimate of drug-likeness (QED) is 0.180. The molecule has 0 saturated carbocycles. The number of rotatable bonds is 10. The number of nitrogens with zero attached hydrogens (tertiary/aromatic N) is 1. The molecular weight excluding hydrogens is 414 g/mol. The Labute approximate surface area is 177 Å². The van der Waals surface area contributed by atoms with Gasteiger partial charge in [0.2, 0.25) is 11.8 Å². The first-order valence-corrected chi connectivity index (χ1v) is 11.4. The molecule has 0 radical (unpaired) electrons. The third-order valence-electron chi connectivity index (χ3n) is 4.18. The van der Waals surface area contributed by atoms with Gasteiger partial charge >= 0.3 is 0 Å². The zero-order valence-corrected chi connectivity index (χ0v) is 17.8. The summed E-state index contributed by atoms with van der Waals surface area (Å²) in [5.41, 5.74) is 1.84. The fourth-order valence-electron chi connectivity index (χ4n) is 2.45. The van der Waals surface area contributed by atoms with E-state index in [0.29, 0.717) is 42.5 Å². The number of carbonyl (C=O) groups is 5. The maximum atomic E-state index is 11.8. The van der Waals surface area contributed by atoms with Gasteiger partial charge in [-0.05, 0) is 24.5 Å². The molecule has 2 saturated heterocycles. The molecule has 2 aliphatic rings. The molecule has 29 heavy (non-hydrogen) atoms.